The van der Waals surface area contributed by atoms with Crippen LogP contribution in [-0.2, 0) is 12.0 Å². The van der Waals surface area contributed by atoms with Gasteiger partial charge < -0.3 is 18.9 Å². The Morgan fingerprint density at radius 3 is 2.52 bits per heavy atom. The van der Waals surface area contributed by atoms with Gasteiger partial charge in [-0.3, -0.25) is 4.79 Å². The Balaban J connectivity index is 1.32. The van der Waals surface area contributed by atoms with Gasteiger partial charge in [-0.2, -0.15) is 0 Å². The summed E-state index contributed by atoms with van der Waals surface area (Å²) in [6.07, 6.45) is 10.2. The molecule has 1 spiro atoms. The van der Waals surface area contributed by atoms with E-state index in [0.29, 0.717) is 13.2 Å². The highest BCUT2D eigenvalue weighted by molar-refractivity contribution is 5.95. The van der Waals surface area contributed by atoms with E-state index in [1.807, 2.05) is 35.0 Å². The van der Waals surface area contributed by atoms with Gasteiger partial charge in [0.1, 0.15) is 13.2 Å². The number of imidazole rings is 1. The van der Waals surface area contributed by atoms with Crippen LogP contribution in [0.2, 0.25) is 0 Å². The van der Waals surface area contributed by atoms with E-state index in [-0.39, 0.29) is 17.4 Å². The zero-order valence-electron chi connectivity index (χ0n) is 19.0. The molecule has 3 aliphatic rings. The van der Waals surface area contributed by atoms with Crippen molar-refractivity contribution in [3.05, 3.63) is 77.4 Å². The molecule has 2 aliphatic heterocycles. The third-order valence-electron chi connectivity index (χ3n) is 7.62. The molecule has 6 rings (SSSR count). The summed E-state index contributed by atoms with van der Waals surface area (Å²) in [5.74, 6) is 1.76. The van der Waals surface area contributed by atoms with Gasteiger partial charge in [-0.1, -0.05) is 25.0 Å². The minimum absolute atomic E-state index is 0.00863. The lowest BCUT2D eigenvalue weighted by molar-refractivity contribution is 0.0593. The Labute approximate surface area is 194 Å². The van der Waals surface area contributed by atoms with Gasteiger partial charge in [0, 0.05) is 36.5 Å². The summed E-state index contributed by atoms with van der Waals surface area (Å²) in [6, 6.07) is 12.3. The lowest BCUT2D eigenvalue weighted by Gasteiger charge is -2.46. The topological polar surface area (TPSA) is 56.6 Å². The summed E-state index contributed by atoms with van der Waals surface area (Å²) in [5, 5.41) is 0. The summed E-state index contributed by atoms with van der Waals surface area (Å²) in [6.45, 7) is 4.81. The van der Waals surface area contributed by atoms with Crippen molar-refractivity contribution in [2.75, 3.05) is 19.8 Å². The Morgan fingerprint density at radius 2 is 1.82 bits per heavy atom. The molecule has 1 aromatic heterocycles. The van der Waals surface area contributed by atoms with Crippen molar-refractivity contribution in [3.63, 3.8) is 0 Å². The molecule has 6 nitrogen and oxygen atoms in total. The first kappa shape index (κ1) is 20.3. The van der Waals surface area contributed by atoms with Crippen molar-refractivity contribution < 1.29 is 14.3 Å². The predicted molar refractivity (Wildman–Crippen MR) is 125 cm³/mol. The maximum atomic E-state index is 13.7. The van der Waals surface area contributed by atoms with E-state index >= 15 is 0 Å². The molecule has 1 aliphatic carbocycles. The van der Waals surface area contributed by atoms with E-state index in [1.54, 1.807) is 12.5 Å². The lowest BCUT2D eigenvalue weighted by atomic mass is 9.71. The molecule has 0 radical (unpaired) electrons. The van der Waals surface area contributed by atoms with Crippen LogP contribution in [0, 0.1) is 0 Å². The second-order valence-corrected chi connectivity index (χ2v) is 9.61. The molecule has 0 bridgehead atoms. The van der Waals surface area contributed by atoms with Crippen molar-refractivity contribution in [1.82, 2.24) is 14.5 Å². The second kappa shape index (κ2) is 7.94. The number of hydrogen-bond donors (Lipinski definition) is 0. The van der Waals surface area contributed by atoms with E-state index < -0.39 is 0 Å². The summed E-state index contributed by atoms with van der Waals surface area (Å²) in [5.41, 5.74) is 4.46. The molecule has 0 N–H and O–H groups in total. The van der Waals surface area contributed by atoms with Crippen molar-refractivity contribution in [2.24, 2.45) is 0 Å². The first-order chi connectivity index (χ1) is 16.1. The van der Waals surface area contributed by atoms with Crippen LogP contribution in [0.1, 0.15) is 65.7 Å². The molecule has 1 unspecified atom stereocenters. The largest absolute Gasteiger partial charge is 0.486 e. The molecule has 170 valence electrons. The maximum absolute atomic E-state index is 13.7. The van der Waals surface area contributed by atoms with E-state index in [1.165, 1.54) is 24.0 Å². The predicted octanol–water partition coefficient (Wildman–Crippen LogP) is 4.73. The Bertz CT molecular complexity index is 1160. The van der Waals surface area contributed by atoms with Gasteiger partial charge in [0.25, 0.3) is 5.91 Å². The van der Waals surface area contributed by atoms with Crippen molar-refractivity contribution in [2.45, 2.75) is 50.6 Å². The van der Waals surface area contributed by atoms with Crippen LogP contribution in [0.5, 0.6) is 11.5 Å². The highest BCUT2D eigenvalue weighted by atomic mass is 16.6. The molecule has 1 fully saturated rings. The first-order valence-electron chi connectivity index (χ1n) is 11.9. The molecule has 1 atom stereocenters. The van der Waals surface area contributed by atoms with Crippen LogP contribution in [0.3, 0.4) is 0 Å². The summed E-state index contributed by atoms with van der Waals surface area (Å²) >= 11 is 0. The van der Waals surface area contributed by atoms with Gasteiger partial charge in [0.15, 0.2) is 11.5 Å². The number of fused-ring (bicyclic) bond motifs is 3. The smallest absolute Gasteiger partial charge is 0.254 e. The SMILES string of the molecule is CC1c2cc3c(cc2C2(CCCC2)CN1C(=O)c1ccc(Cn2ccnc2)cc1)OCCO3. The minimum atomic E-state index is -0.0137. The van der Waals surface area contributed by atoms with Crippen LogP contribution in [0.4, 0.5) is 0 Å². The summed E-state index contributed by atoms with van der Waals surface area (Å²) in [7, 11) is 0. The summed E-state index contributed by atoms with van der Waals surface area (Å²) < 4.78 is 13.8. The molecule has 0 saturated heterocycles. The standard InChI is InChI=1S/C27H29N3O3/c1-19-22-14-24-25(33-13-12-32-24)15-23(22)27(8-2-3-9-27)17-30(19)26(31)21-6-4-20(5-7-21)16-29-11-10-28-18-29/h4-7,10-11,14-15,18-19H,2-3,8-9,12-13,16-17H2,1H3. The van der Waals surface area contributed by atoms with Crippen molar-refractivity contribution in [1.29, 1.82) is 0 Å². The fourth-order valence-electron chi connectivity index (χ4n) is 5.86. The zero-order chi connectivity index (χ0) is 22.4. The number of aromatic nitrogens is 2. The molecule has 2 aromatic carbocycles. The highest BCUT2D eigenvalue weighted by Gasteiger charge is 2.46. The van der Waals surface area contributed by atoms with Gasteiger partial charge in [0.2, 0.25) is 0 Å². The average Bonchev–Trinajstić information content (AvgIpc) is 3.54. The zero-order valence-corrected chi connectivity index (χ0v) is 19.0. The van der Waals surface area contributed by atoms with Gasteiger partial charge >= 0.3 is 0 Å². The molecule has 3 aromatic rings. The Morgan fingerprint density at radius 1 is 1.09 bits per heavy atom. The number of rotatable bonds is 3. The average molecular weight is 444 g/mol. The van der Waals surface area contributed by atoms with Crippen LogP contribution >= 0.6 is 0 Å². The quantitative estimate of drug-likeness (QED) is 0.587. The van der Waals surface area contributed by atoms with Gasteiger partial charge in [-0.25, -0.2) is 4.98 Å². The molecular weight excluding hydrogens is 414 g/mol. The molecule has 3 heterocycles. The number of hydrogen-bond acceptors (Lipinski definition) is 4. The number of benzene rings is 2. The minimum Gasteiger partial charge on any atom is -0.486 e. The van der Waals surface area contributed by atoms with Gasteiger partial charge in [0.05, 0.1) is 12.4 Å². The number of amides is 1. The lowest BCUT2D eigenvalue weighted by Crippen LogP contribution is -2.48. The van der Waals surface area contributed by atoms with Crippen LogP contribution < -0.4 is 9.47 Å². The molecule has 6 heteroatoms. The van der Waals surface area contributed by atoms with E-state index in [4.69, 9.17) is 9.47 Å². The van der Waals surface area contributed by atoms with E-state index in [9.17, 15) is 4.79 Å². The monoisotopic (exact) mass is 443 g/mol. The third kappa shape index (κ3) is 3.48. The number of nitrogens with zero attached hydrogens (tertiary/aromatic N) is 3. The van der Waals surface area contributed by atoms with E-state index in [2.05, 4.69) is 28.9 Å². The Hall–Kier alpha value is -3.28. The second-order valence-electron chi connectivity index (χ2n) is 9.61. The molecule has 1 saturated carbocycles. The fraction of sp³-hybridized carbons (Fsp3) is 0.407. The first-order valence-corrected chi connectivity index (χ1v) is 11.9. The van der Waals surface area contributed by atoms with Crippen LogP contribution in [0.15, 0.2) is 55.1 Å². The molecule has 33 heavy (non-hydrogen) atoms. The summed E-state index contributed by atoms with van der Waals surface area (Å²) in [4.78, 5) is 19.9. The Kier molecular flexibility index (Phi) is 4.89. The van der Waals surface area contributed by atoms with Crippen molar-refractivity contribution in [3.8, 4) is 11.5 Å². The molecule has 1 amide bonds. The number of ether oxygens (including phenoxy) is 2. The third-order valence-corrected chi connectivity index (χ3v) is 7.62. The van der Waals surface area contributed by atoms with Crippen LogP contribution in [-0.4, -0.2) is 40.1 Å². The number of carbonyl (C=O) groups is 1. The van der Waals surface area contributed by atoms with Gasteiger partial charge in [-0.05, 0) is 60.7 Å². The van der Waals surface area contributed by atoms with E-state index in [0.717, 1.165) is 48.6 Å². The molecular formula is C27H29N3O3. The van der Waals surface area contributed by atoms with Gasteiger partial charge in [-0.15, -0.1) is 0 Å². The van der Waals surface area contributed by atoms with Crippen molar-refractivity contribution >= 4 is 5.91 Å². The highest BCUT2D eigenvalue weighted by Crippen LogP contribution is 2.52. The normalized spacial score (nSPS) is 20.6. The maximum Gasteiger partial charge on any atom is 0.254 e. The fourth-order valence-corrected chi connectivity index (χ4v) is 5.86. The number of carbonyl (C=O) groups excluding carboxylic acids is 1. The van der Waals surface area contributed by atoms with Crippen LogP contribution in [0.25, 0.3) is 0 Å².